The largest absolute Gasteiger partial charge is 0.335 e. The minimum Gasteiger partial charge on any atom is -0.335 e. The van der Waals surface area contributed by atoms with Crippen molar-refractivity contribution in [1.29, 1.82) is 0 Å². The van der Waals surface area contributed by atoms with Crippen LogP contribution in [0.5, 0.6) is 0 Å². The monoisotopic (exact) mass is 180 g/mol. The summed E-state index contributed by atoms with van der Waals surface area (Å²) < 4.78 is 2.14. The fourth-order valence-corrected chi connectivity index (χ4v) is 1.33. The topological polar surface area (TPSA) is 34.9 Å². The predicted molar refractivity (Wildman–Crippen MR) is 51.5 cm³/mol. The molecule has 0 N–H and O–H groups in total. The molecule has 0 saturated carbocycles. The van der Waals surface area contributed by atoms with Crippen molar-refractivity contribution in [2.24, 2.45) is 0 Å². The molecule has 1 aromatic heterocycles. The maximum atomic E-state index is 10.0. The first kappa shape index (κ1) is 9.96. The Bertz CT molecular complexity index is 255. The third-order valence-electron chi connectivity index (χ3n) is 2.14. The molecule has 0 amide bonds. The van der Waals surface area contributed by atoms with Gasteiger partial charge in [-0.1, -0.05) is 6.42 Å². The van der Waals surface area contributed by atoms with Gasteiger partial charge in [-0.2, -0.15) is 0 Å². The standard InChI is InChI=1S/C10H16N2O/c1-10-11-6-8-12(10)7-4-2-3-5-9-13/h6,8-9H,2-5,7H2,1H3. The number of nitrogens with zero attached hydrogens (tertiary/aromatic N) is 2. The number of carbonyl (C=O) groups is 1. The highest BCUT2D eigenvalue weighted by Crippen LogP contribution is 2.02. The Kier molecular flexibility index (Phi) is 4.23. The molecule has 1 heterocycles. The van der Waals surface area contributed by atoms with Crippen LogP contribution in [-0.2, 0) is 11.3 Å². The van der Waals surface area contributed by atoms with Crippen LogP contribution in [0, 0.1) is 6.92 Å². The molecule has 1 aromatic rings. The Balaban J connectivity index is 2.13. The van der Waals surface area contributed by atoms with E-state index in [4.69, 9.17) is 0 Å². The lowest BCUT2D eigenvalue weighted by Gasteiger charge is -2.03. The van der Waals surface area contributed by atoms with Crippen LogP contribution in [0.4, 0.5) is 0 Å². The van der Waals surface area contributed by atoms with Gasteiger partial charge in [-0.05, 0) is 19.8 Å². The van der Waals surface area contributed by atoms with Crippen molar-refractivity contribution in [2.45, 2.75) is 39.2 Å². The fraction of sp³-hybridized carbons (Fsp3) is 0.600. The highest BCUT2D eigenvalue weighted by atomic mass is 16.1. The Morgan fingerprint density at radius 1 is 1.46 bits per heavy atom. The van der Waals surface area contributed by atoms with E-state index in [0.717, 1.165) is 37.9 Å². The molecule has 3 heteroatoms. The molecular weight excluding hydrogens is 164 g/mol. The lowest BCUT2D eigenvalue weighted by atomic mass is 10.2. The van der Waals surface area contributed by atoms with Gasteiger partial charge in [-0.15, -0.1) is 0 Å². The van der Waals surface area contributed by atoms with Crippen molar-refractivity contribution in [1.82, 2.24) is 9.55 Å². The Morgan fingerprint density at radius 2 is 2.31 bits per heavy atom. The van der Waals surface area contributed by atoms with E-state index in [0.29, 0.717) is 6.42 Å². The van der Waals surface area contributed by atoms with E-state index in [-0.39, 0.29) is 0 Å². The molecule has 0 bridgehead atoms. The molecule has 0 aliphatic heterocycles. The number of unbranched alkanes of at least 4 members (excludes halogenated alkanes) is 3. The van der Waals surface area contributed by atoms with E-state index in [9.17, 15) is 4.79 Å². The van der Waals surface area contributed by atoms with Crippen molar-refractivity contribution < 1.29 is 4.79 Å². The van der Waals surface area contributed by atoms with Crippen LogP contribution in [0.15, 0.2) is 12.4 Å². The summed E-state index contributed by atoms with van der Waals surface area (Å²) >= 11 is 0. The molecule has 0 radical (unpaired) electrons. The van der Waals surface area contributed by atoms with E-state index < -0.39 is 0 Å². The first-order valence-corrected chi connectivity index (χ1v) is 4.76. The summed E-state index contributed by atoms with van der Waals surface area (Å²) in [6.07, 6.45) is 8.76. The van der Waals surface area contributed by atoms with Gasteiger partial charge in [0.15, 0.2) is 0 Å². The Hall–Kier alpha value is -1.12. The fourth-order valence-electron chi connectivity index (χ4n) is 1.33. The maximum absolute atomic E-state index is 10.0. The quantitative estimate of drug-likeness (QED) is 0.495. The second kappa shape index (κ2) is 5.51. The number of imidazole rings is 1. The molecule has 1 rings (SSSR count). The number of hydrogen-bond acceptors (Lipinski definition) is 2. The summed E-state index contributed by atoms with van der Waals surface area (Å²) in [6.45, 7) is 3.02. The molecular formula is C10H16N2O. The summed E-state index contributed by atoms with van der Waals surface area (Å²) in [5.74, 6) is 1.07. The normalized spacial score (nSPS) is 10.2. The number of aryl methyl sites for hydroxylation is 2. The first-order valence-electron chi connectivity index (χ1n) is 4.76. The second-order valence-corrected chi connectivity index (χ2v) is 3.18. The minimum absolute atomic E-state index is 0.697. The molecule has 0 unspecified atom stereocenters. The van der Waals surface area contributed by atoms with Crippen molar-refractivity contribution in [3.63, 3.8) is 0 Å². The smallest absolute Gasteiger partial charge is 0.119 e. The van der Waals surface area contributed by atoms with Gasteiger partial charge in [0, 0.05) is 25.4 Å². The molecule has 0 atom stereocenters. The molecule has 0 fully saturated rings. The van der Waals surface area contributed by atoms with Gasteiger partial charge in [-0.25, -0.2) is 4.98 Å². The second-order valence-electron chi connectivity index (χ2n) is 3.18. The lowest BCUT2D eigenvalue weighted by molar-refractivity contribution is -0.107. The van der Waals surface area contributed by atoms with Crippen molar-refractivity contribution in [3.8, 4) is 0 Å². The molecule has 0 aromatic carbocycles. The van der Waals surface area contributed by atoms with Crippen molar-refractivity contribution in [3.05, 3.63) is 18.2 Å². The molecule has 0 spiro atoms. The van der Waals surface area contributed by atoms with E-state index in [1.807, 2.05) is 19.3 Å². The Labute approximate surface area is 78.8 Å². The summed E-state index contributed by atoms with van der Waals surface area (Å²) in [4.78, 5) is 14.2. The van der Waals surface area contributed by atoms with Crippen LogP contribution in [0.3, 0.4) is 0 Å². The third kappa shape index (κ3) is 3.40. The number of rotatable bonds is 6. The average Bonchev–Trinajstić information content (AvgIpc) is 2.52. The summed E-state index contributed by atoms with van der Waals surface area (Å²) in [5.41, 5.74) is 0. The van der Waals surface area contributed by atoms with Crippen LogP contribution in [-0.4, -0.2) is 15.8 Å². The SMILES string of the molecule is Cc1nccn1CCCCCC=O. The van der Waals surface area contributed by atoms with Crippen LogP contribution in [0.2, 0.25) is 0 Å². The van der Waals surface area contributed by atoms with Gasteiger partial charge in [0.05, 0.1) is 0 Å². The number of carbonyl (C=O) groups excluding carboxylic acids is 1. The van der Waals surface area contributed by atoms with Gasteiger partial charge in [0.1, 0.15) is 12.1 Å². The molecule has 3 nitrogen and oxygen atoms in total. The predicted octanol–water partition coefficient (Wildman–Crippen LogP) is 1.95. The first-order chi connectivity index (χ1) is 6.34. The molecule has 0 aliphatic rings. The highest BCUT2D eigenvalue weighted by molar-refractivity contribution is 5.48. The number of aldehydes is 1. The van der Waals surface area contributed by atoms with Gasteiger partial charge in [0.2, 0.25) is 0 Å². The van der Waals surface area contributed by atoms with Gasteiger partial charge >= 0.3 is 0 Å². The third-order valence-corrected chi connectivity index (χ3v) is 2.14. The van der Waals surface area contributed by atoms with Crippen molar-refractivity contribution in [2.75, 3.05) is 0 Å². The summed E-state index contributed by atoms with van der Waals surface area (Å²) in [7, 11) is 0. The van der Waals surface area contributed by atoms with Crippen LogP contribution in [0.1, 0.15) is 31.5 Å². The van der Waals surface area contributed by atoms with Crippen LogP contribution in [0.25, 0.3) is 0 Å². The van der Waals surface area contributed by atoms with Gasteiger partial charge in [0.25, 0.3) is 0 Å². The molecule has 0 saturated heterocycles. The van der Waals surface area contributed by atoms with E-state index in [2.05, 4.69) is 9.55 Å². The van der Waals surface area contributed by atoms with Crippen molar-refractivity contribution >= 4 is 6.29 Å². The highest BCUT2D eigenvalue weighted by Gasteiger charge is 1.95. The minimum atomic E-state index is 0.697. The Morgan fingerprint density at radius 3 is 2.92 bits per heavy atom. The average molecular weight is 180 g/mol. The number of hydrogen-bond donors (Lipinski definition) is 0. The zero-order valence-electron chi connectivity index (χ0n) is 8.07. The molecule has 0 aliphatic carbocycles. The zero-order valence-corrected chi connectivity index (χ0v) is 8.07. The van der Waals surface area contributed by atoms with Gasteiger partial charge in [-0.3, -0.25) is 0 Å². The van der Waals surface area contributed by atoms with Crippen LogP contribution < -0.4 is 0 Å². The zero-order chi connectivity index (χ0) is 9.52. The molecule has 72 valence electrons. The summed E-state index contributed by atoms with van der Waals surface area (Å²) in [5, 5.41) is 0. The van der Waals surface area contributed by atoms with Crippen LogP contribution >= 0.6 is 0 Å². The molecule has 13 heavy (non-hydrogen) atoms. The van der Waals surface area contributed by atoms with E-state index >= 15 is 0 Å². The maximum Gasteiger partial charge on any atom is 0.119 e. The lowest BCUT2D eigenvalue weighted by Crippen LogP contribution is -1.98. The van der Waals surface area contributed by atoms with Gasteiger partial charge < -0.3 is 9.36 Å². The summed E-state index contributed by atoms with van der Waals surface area (Å²) in [6, 6.07) is 0. The number of aromatic nitrogens is 2. The van der Waals surface area contributed by atoms with E-state index in [1.54, 1.807) is 0 Å². The van der Waals surface area contributed by atoms with E-state index in [1.165, 1.54) is 0 Å².